The highest BCUT2D eigenvalue weighted by molar-refractivity contribution is 5.38. The molecule has 1 heterocycles. The van der Waals surface area contributed by atoms with Gasteiger partial charge >= 0.3 is 0 Å². The van der Waals surface area contributed by atoms with Gasteiger partial charge in [0.1, 0.15) is 30.5 Å². The normalized spacial score (nSPS) is 30.7. The molecule has 4 rings (SSSR count). The number of aryl methyl sites for hydroxylation is 1. The van der Waals surface area contributed by atoms with Crippen LogP contribution in [0.1, 0.15) is 53.2 Å². The van der Waals surface area contributed by atoms with Crippen molar-refractivity contribution >= 4 is 0 Å². The van der Waals surface area contributed by atoms with E-state index in [4.69, 9.17) is 4.74 Å². The average Bonchev–Trinajstić information content (AvgIpc) is 2.73. The summed E-state index contributed by atoms with van der Waals surface area (Å²) >= 11 is 0. The van der Waals surface area contributed by atoms with E-state index in [-0.39, 0.29) is 0 Å². The topological polar surface area (TPSA) is 110 Å². The van der Waals surface area contributed by atoms with Crippen molar-refractivity contribution < 1.29 is 30.3 Å². The third-order valence-corrected chi connectivity index (χ3v) is 6.66. The highest BCUT2D eigenvalue weighted by atomic mass is 16.5. The number of aliphatic hydroxyl groups excluding tert-OH is 4. The van der Waals surface area contributed by atoms with Gasteiger partial charge in [-0.2, -0.15) is 0 Å². The first-order valence-corrected chi connectivity index (χ1v) is 10.5. The van der Waals surface area contributed by atoms with Crippen molar-refractivity contribution in [2.75, 3.05) is 6.61 Å². The standard InChI is InChI=1S/C24H30O6/c1-14-3-6-16(23-22(28)21(27)20(26)19(13-25)30-23)12-17(14)11-15-4-7-18(8-5-15)24(29)9-2-10-24/h3-8,12,19-23,25-29H,2,9-11,13H2,1H3/t19-,20-,21+,22?,23+/m1/s1. The molecule has 0 amide bonds. The fraction of sp³-hybridized carbons (Fsp3) is 0.500. The van der Waals surface area contributed by atoms with Gasteiger partial charge in [-0.05, 0) is 60.4 Å². The Morgan fingerprint density at radius 2 is 1.67 bits per heavy atom. The highest BCUT2D eigenvalue weighted by Crippen LogP contribution is 2.41. The Morgan fingerprint density at radius 3 is 2.27 bits per heavy atom. The zero-order chi connectivity index (χ0) is 21.5. The summed E-state index contributed by atoms with van der Waals surface area (Å²) in [4.78, 5) is 0. The van der Waals surface area contributed by atoms with Crippen LogP contribution in [-0.2, 0) is 16.8 Å². The Hall–Kier alpha value is -1.80. The lowest BCUT2D eigenvalue weighted by atomic mass is 9.75. The predicted molar refractivity (Wildman–Crippen MR) is 111 cm³/mol. The van der Waals surface area contributed by atoms with Crippen LogP contribution in [0.3, 0.4) is 0 Å². The molecule has 6 nitrogen and oxygen atoms in total. The minimum atomic E-state index is -1.39. The lowest BCUT2D eigenvalue weighted by Crippen LogP contribution is -2.55. The lowest BCUT2D eigenvalue weighted by Gasteiger charge is -2.40. The molecule has 30 heavy (non-hydrogen) atoms. The van der Waals surface area contributed by atoms with Crippen molar-refractivity contribution in [1.29, 1.82) is 0 Å². The summed E-state index contributed by atoms with van der Waals surface area (Å²) in [5.41, 5.74) is 4.23. The summed E-state index contributed by atoms with van der Waals surface area (Å²) in [6.07, 6.45) is -2.46. The summed E-state index contributed by atoms with van der Waals surface area (Å²) in [5.74, 6) is 0. The predicted octanol–water partition coefficient (Wildman–Crippen LogP) is 1.47. The van der Waals surface area contributed by atoms with Crippen LogP contribution in [-0.4, -0.2) is 56.6 Å². The zero-order valence-corrected chi connectivity index (χ0v) is 17.1. The summed E-state index contributed by atoms with van der Waals surface area (Å²) in [6, 6.07) is 13.8. The maximum absolute atomic E-state index is 10.5. The quantitative estimate of drug-likeness (QED) is 0.507. The summed E-state index contributed by atoms with van der Waals surface area (Å²) in [6.45, 7) is 1.57. The van der Waals surface area contributed by atoms with Gasteiger partial charge in [-0.3, -0.25) is 0 Å². The second kappa shape index (κ2) is 8.38. The van der Waals surface area contributed by atoms with E-state index in [0.717, 1.165) is 41.5 Å². The van der Waals surface area contributed by atoms with Gasteiger partial charge in [-0.25, -0.2) is 0 Å². The van der Waals surface area contributed by atoms with E-state index < -0.39 is 42.7 Å². The Morgan fingerprint density at radius 1 is 0.967 bits per heavy atom. The van der Waals surface area contributed by atoms with Crippen molar-refractivity contribution in [3.05, 3.63) is 70.3 Å². The third kappa shape index (κ3) is 3.91. The minimum Gasteiger partial charge on any atom is -0.394 e. The van der Waals surface area contributed by atoms with Gasteiger partial charge in [0.05, 0.1) is 12.2 Å². The first-order chi connectivity index (χ1) is 14.3. The van der Waals surface area contributed by atoms with Crippen LogP contribution in [0, 0.1) is 6.92 Å². The average molecular weight is 414 g/mol. The number of ether oxygens (including phenoxy) is 1. The SMILES string of the molecule is Cc1ccc([C@@H]2O[C@H](CO)[C@@H](O)[C@H](O)C2O)cc1Cc1ccc(C2(O)CCC2)cc1. The molecule has 1 saturated carbocycles. The lowest BCUT2D eigenvalue weighted by molar-refractivity contribution is -0.231. The largest absolute Gasteiger partial charge is 0.394 e. The summed E-state index contributed by atoms with van der Waals surface area (Å²) < 4.78 is 5.70. The fourth-order valence-corrected chi connectivity index (χ4v) is 4.39. The molecule has 1 unspecified atom stereocenters. The maximum Gasteiger partial charge on any atom is 0.113 e. The van der Waals surface area contributed by atoms with E-state index in [9.17, 15) is 25.5 Å². The highest BCUT2D eigenvalue weighted by Gasteiger charge is 2.44. The van der Waals surface area contributed by atoms with E-state index in [2.05, 4.69) is 0 Å². The number of hydrogen-bond acceptors (Lipinski definition) is 6. The van der Waals surface area contributed by atoms with Crippen LogP contribution in [0.4, 0.5) is 0 Å². The molecule has 2 aromatic carbocycles. The van der Waals surface area contributed by atoms with Gasteiger partial charge in [0.25, 0.3) is 0 Å². The van der Waals surface area contributed by atoms with Crippen molar-refractivity contribution in [1.82, 2.24) is 0 Å². The van der Waals surface area contributed by atoms with Crippen LogP contribution in [0.2, 0.25) is 0 Å². The van der Waals surface area contributed by atoms with Gasteiger partial charge in [-0.15, -0.1) is 0 Å². The molecule has 0 spiro atoms. The van der Waals surface area contributed by atoms with Crippen molar-refractivity contribution in [2.24, 2.45) is 0 Å². The Labute approximate surface area is 176 Å². The molecule has 1 saturated heterocycles. The molecule has 5 atom stereocenters. The minimum absolute atomic E-state index is 0.446. The van der Waals surface area contributed by atoms with Crippen LogP contribution >= 0.6 is 0 Å². The van der Waals surface area contributed by atoms with Gasteiger partial charge in [0.15, 0.2) is 0 Å². The van der Waals surface area contributed by atoms with E-state index in [0.29, 0.717) is 12.0 Å². The molecule has 1 aliphatic carbocycles. The van der Waals surface area contributed by atoms with Crippen molar-refractivity contribution in [3.63, 3.8) is 0 Å². The van der Waals surface area contributed by atoms with E-state index >= 15 is 0 Å². The second-order valence-corrected chi connectivity index (χ2v) is 8.69. The molecule has 5 N–H and O–H groups in total. The van der Waals surface area contributed by atoms with Gasteiger partial charge in [-0.1, -0.05) is 42.5 Å². The van der Waals surface area contributed by atoms with Crippen molar-refractivity contribution in [3.8, 4) is 0 Å². The Balaban J connectivity index is 1.55. The molecule has 1 aliphatic heterocycles. The molecule has 0 radical (unpaired) electrons. The molecular formula is C24H30O6. The number of hydrogen-bond donors (Lipinski definition) is 5. The van der Waals surface area contributed by atoms with Crippen molar-refractivity contribution in [2.45, 2.75) is 68.7 Å². The molecule has 0 aromatic heterocycles. The Bertz CT molecular complexity index is 874. The van der Waals surface area contributed by atoms with Crippen LogP contribution in [0.15, 0.2) is 42.5 Å². The zero-order valence-electron chi connectivity index (χ0n) is 17.1. The first-order valence-electron chi connectivity index (χ1n) is 10.5. The van der Waals surface area contributed by atoms with Crippen LogP contribution in [0.5, 0.6) is 0 Å². The van der Waals surface area contributed by atoms with Gasteiger partial charge < -0.3 is 30.3 Å². The molecule has 0 bridgehead atoms. The van der Waals surface area contributed by atoms with E-state index in [1.807, 2.05) is 49.4 Å². The van der Waals surface area contributed by atoms with Crippen LogP contribution in [0.25, 0.3) is 0 Å². The van der Waals surface area contributed by atoms with Gasteiger partial charge in [0, 0.05) is 0 Å². The Kier molecular flexibility index (Phi) is 5.99. The molecule has 2 aliphatic rings. The molecule has 2 aromatic rings. The number of aliphatic hydroxyl groups is 5. The summed E-state index contributed by atoms with van der Waals surface area (Å²) in [7, 11) is 0. The first kappa shape index (κ1) is 21.4. The van der Waals surface area contributed by atoms with E-state index in [1.54, 1.807) is 0 Å². The molecule has 6 heteroatoms. The molecule has 2 fully saturated rings. The van der Waals surface area contributed by atoms with Gasteiger partial charge in [0.2, 0.25) is 0 Å². The van der Waals surface area contributed by atoms with E-state index in [1.165, 1.54) is 0 Å². The third-order valence-electron chi connectivity index (χ3n) is 6.66. The van der Waals surface area contributed by atoms with Crippen LogP contribution < -0.4 is 0 Å². The molecular weight excluding hydrogens is 384 g/mol. The number of rotatable bonds is 5. The summed E-state index contributed by atoms with van der Waals surface area (Å²) in [5, 5.41) is 50.4. The fourth-order valence-electron chi connectivity index (χ4n) is 4.39. The second-order valence-electron chi connectivity index (χ2n) is 8.69. The number of benzene rings is 2. The molecule has 162 valence electrons. The smallest absolute Gasteiger partial charge is 0.113 e. The monoisotopic (exact) mass is 414 g/mol. The maximum atomic E-state index is 10.5.